The molecule has 0 saturated heterocycles. The van der Waals surface area contributed by atoms with Crippen molar-refractivity contribution in [2.75, 3.05) is 0 Å². The molecule has 1 aromatic carbocycles. The lowest BCUT2D eigenvalue weighted by molar-refractivity contribution is 0.00199. The van der Waals surface area contributed by atoms with Gasteiger partial charge in [-0.1, -0.05) is 21.1 Å². The number of phenols is 1. The Morgan fingerprint density at radius 3 is 2.67 bits per heavy atom. The number of benzene rings is 1. The first-order valence-electron chi connectivity index (χ1n) is 4.58. The van der Waals surface area contributed by atoms with Crippen molar-refractivity contribution < 1.29 is 9.94 Å². The summed E-state index contributed by atoms with van der Waals surface area (Å²) in [7, 11) is 0. The fraction of sp³-hybridized carbons (Fsp3) is 0.364. The summed E-state index contributed by atoms with van der Waals surface area (Å²) >= 11 is 3.35. The Bertz CT molecular complexity index is 369. The molecule has 0 bridgehead atoms. The van der Waals surface area contributed by atoms with Crippen LogP contribution in [-0.2, 0) is 4.84 Å². The summed E-state index contributed by atoms with van der Waals surface area (Å²) in [6.07, 6.45) is 1.56. The highest BCUT2D eigenvalue weighted by atomic mass is 79.9. The summed E-state index contributed by atoms with van der Waals surface area (Å²) in [5, 5.41) is 13.1. The minimum atomic E-state index is -0.306. The van der Waals surface area contributed by atoms with Crippen molar-refractivity contribution in [3.8, 4) is 5.75 Å². The third-order valence-electron chi connectivity index (χ3n) is 1.50. The number of halogens is 1. The largest absolute Gasteiger partial charge is 0.508 e. The van der Waals surface area contributed by atoms with Crippen molar-refractivity contribution in [3.05, 3.63) is 28.2 Å². The molecule has 82 valence electrons. The molecule has 0 heterocycles. The maximum atomic E-state index is 9.27. The van der Waals surface area contributed by atoms with Crippen LogP contribution in [0.3, 0.4) is 0 Å². The Hall–Kier alpha value is -1.03. The molecular formula is C11H14BrNO2. The van der Waals surface area contributed by atoms with E-state index in [1.807, 2.05) is 20.8 Å². The maximum absolute atomic E-state index is 9.27. The monoisotopic (exact) mass is 271 g/mol. The van der Waals surface area contributed by atoms with E-state index in [0.29, 0.717) is 0 Å². The summed E-state index contributed by atoms with van der Waals surface area (Å²) in [6, 6.07) is 4.97. The first-order chi connectivity index (χ1) is 6.88. The van der Waals surface area contributed by atoms with Crippen LogP contribution < -0.4 is 0 Å². The molecular weight excluding hydrogens is 258 g/mol. The molecule has 0 fully saturated rings. The number of hydrogen-bond acceptors (Lipinski definition) is 3. The SMILES string of the molecule is CC(C)(C)ON=Cc1cc(O)ccc1Br. The maximum Gasteiger partial charge on any atom is 0.129 e. The molecule has 15 heavy (non-hydrogen) atoms. The van der Waals surface area contributed by atoms with Gasteiger partial charge in [0, 0.05) is 10.0 Å². The highest BCUT2D eigenvalue weighted by molar-refractivity contribution is 9.10. The van der Waals surface area contributed by atoms with E-state index < -0.39 is 0 Å². The van der Waals surface area contributed by atoms with Gasteiger partial charge >= 0.3 is 0 Å². The summed E-state index contributed by atoms with van der Waals surface area (Å²) < 4.78 is 0.863. The molecule has 1 rings (SSSR count). The molecule has 3 nitrogen and oxygen atoms in total. The van der Waals surface area contributed by atoms with Crippen molar-refractivity contribution in [2.45, 2.75) is 26.4 Å². The molecule has 1 N–H and O–H groups in total. The first-order valence-corrected chi connectivity index (χ1v) is 5.38. The van der Waals surface area contributed by atoms with E-state index in [2.05, 4.69) is 21.1 Å². The van der Waals surface area contributed by atoms with Crippen molar-refractivity contribution in [1.82, 2.24) is 0 Å². The van der Waals surface area contributed by atoms with Gasteiger partial charge in [-0.25, -0.2) is 0 Å². The number of phenolic OH excluding ortho intramolecular Hbond substituents is 1. The van der Waals surface area contributed by atoms with E-state index in [1.54, 1.807) is 24.4 Å². The number of rotatable bonds is 2. The summed E-state index contributed by atoms with van der Waals surface area (Å²) in [5.41, 5.74) is 0.471. The second-order valence-electron chi connectivity index (χ2n) is 4.14. The highest BCUT2D eigenvalue weighted by Crippen LogP contribution is 2.20. The standard InChI is InChI=1S/C11H14BrNO2/c1-11(2,3)15-13-7-8-6-9(14)4-5-10(8)12/h4-7,14H,1-3H3. The quantitative estimate of drug-likeness (QED) is 0.663. The molecule has 4 heteroatoms. The average molecular weight is 272 g/mol. The molecule has 0 radical (unpaired) electrons. The Kier molecular flexibility index (Phi) is 3.74. The number of hydrogen-bond donors (Lipinski definition) is 1. The van der Waals surface area contributed by atoms with Gasteiger partial charge in [-0.3, -0.25) is 0 Å². The van der Waals surface area contributed by atoms with Gasteiger partial charge in [0.05, 0.1) is 6.21 Å². The fourth-order valence-corrected chi connectivity index (χ4v) is 1.22. The number of aromatic hydroxyl groups is 1. The normalized spacial score (nSPS) is 12.0. The van der Waals surface area contributed by atoms with Gasteiger partial charge in [-0.15, -0.1) is 0 Å². The third-order valence-corrected chi connectivity index (χ3v) is 2.22. The van der Waals surface area contributed by atoms with Crippen molar-refractivity contribution in [2.24, 2.45) is 5.16 Å². The minimum Gasteiger partial charge on any atom is -0.508 e. The van der Waals surface area contributed by atoms with E-state index in [0.717, 1.165) is 10.0 Å². The van der Waals surface area contributed by atoms with Gasteiger partial charge in [0.2, 0.25) is 0 Å². The predicted octanol–water partition coefficient (Wildman–Crippen LogP) is 3.30. The van der Waals surface area contributed by atoms with Gasteiger partial charge in [0.15, 0.2) is 0 Å². The molecule has 1 aromatic rings. The fourth-order valence-electron chi connectivity index (χ4n) is 0.871. The molecule has 0 unspecified atom stereocenters. The lowest BCUT2D eigenvalue weighted by atomic mass is 10.2. The summed E-state index contributed by atoms with van der Waals surface area (Å²) in [6.45, 7) is 5.76. The van der Waals surface area contributed by atoms with Gasteiger partial charge in [0.1, 0.15) is 11.4 Å². The van der Waals surface area contributed by atoms with Crippen molar-refractivity contribution in [1.29, 1.82) is 0 Å². The number of oxime groups is 1. The van der Waals surface area contributed by atoms with Crippen LogP contribution in [0.2, 0.25) is 0 Å². The van der Waals surface area contributed by atoms with Crippen LogP contribution in [0, 0.1) is 0 Å². The van der Waals surface area contributed by atoms with Gasteiger partial charge in [-0.05, 0) is 39.0 Å². The Morgan fingerprint density at radius 1 is 1.40 bits per heavy atom. The van der Waals surface area contributed by atoms with E-state index in [1.165, 1.54) is 0 Å². The molecule has 0 amide bonds. The molecule has 0 aromatic heterocycles. The minimum absolute atomic E-state index is 0.204. The lowest BCUT2D eigenvalue weighted by Gasteiger charge is -2.14. The van der Waals surface area contributed by atoms with Crippen molar-refractivity contribution in [3.63, 3.8) is 0 Å². The molecule has 0 spiro atoms. The van der Waals surface area contributed by atoms with E-state index >= 15 is 0 Å². The third kappa shape index (κ3) is 4.34. The van der Waals surface area contributed by atoms with Crippen LogP contribution in [-0.4, -0.2) is 16.9 Å². The topological polar surface area (TPSA) is 41.8 Å². The Morgan fingerprint density at radius 2 is 2.07 bits per heavy atom. The van der Waals surface area contributed by atoms with E-state index in [-0.39, 0.29) is 11.4 Å². The van der Waals surface area contributed by atoms with E-state index in [4.69, 9.17) is 4.84 Å². The zero-order valence-corrected chi connectivity index (χ0v) is 10.6. The van der Waals surface area contributed by atoms with Gasteiger partial charge in [0.25, 0.3) is 0 Å². The average Bonchev–Trinajstić information content (AvgIpc) is 2.09. The van der Waals surface area contributed by atoms with Crippen LogP contribution in [0.1, 0.15) is 26.3 Å². The lowest BCUT2D eigenvalue weighted by Crippen LogP contribution is -2.15. The highest BCUT2D eigenvalue weighted by Gasteiger charge is 2.09. The molecule has 0 aliphatic rings. The zero-order chi connectivity index (χ0) is 11.5. The second kappa shape index (κ2) is 4.66. The van der Waals surface area contributed by atoms with E-state index in [9.17, 15) is 5.11 Å². The molecule has 0 atom stereocenters. The van der Waals surface area contributed by atoms with Crippen molar-refractivity contribution >= 4 is 22.1 Å². The van der Waals surface area contributed by atoms with Gasteiger partial charge in [-0.2, -0.15) is 0 Å². The smallest absolute Gasteiger partial charge is 0.129 e. The van der Waals surface area contributed by atoms with Crippen LogP contribution in [0.4, 0.5) is 0 Å². The summed E-state index contributed by atoms with van der Waals surface area (Å²) in [4.78, 5) is 5.20. The predicted molar refractivity (Wildman–Crippen MR) is 64.2 cm³/mol. The van der Waals surface area contributed by atoms with Crippen LogP contribution in [0.5, 0.6) is 5.75 Å². The second-order valence-corrected chi connectivity index (χ2v) is 5.00. The molecule has 0 aliphatic heterocycles. The number of nitrogens with zero attached hydrogens (tertiary/aromatic N) is 1. The van der Waals surface area contributed by atoms with Crippen LogP contribution >= 0.6 is 15.9 Å². The Balaban J connectivity index is 2.76. The first kappa shape index (κ1) is 12.0. The van der Waals surface area contributed by atoms with Crippen LogP contribution in [0.15, 0.2) is 27.8 Å². The zero-order valence-electron chi connectivity index (χ0n) is 8.99. The van der Waals surface area contributed by atoms with Crippen LogP contribution in [0.25, 0.3) is 0 Å². The summed E-state index contributed by atoms with van der Waals surface area (Å²) in [5.74, 6) is 0.204. The van der Waals surface area contributed by atoms with Gasteiger partial charge < -0.3 is 9.94 Å². The molecule has 0 saturated carbocycles. The Labute approximate surface area is 97.9 Å². The molecule has 0 aliphatic carbocycles.